The molecular formula is C8H10F3N3O4. The van der Waals surface area contributed by atoms with Crippen LogP contribution in [0.25, 0.3) is 0 Å². The third-order valence-electron chi connectivity index (χ3n) is 1.89. The molecule has 10 heteroatoms. The van der Waals surface area contributed by atoms with Gasteiger partial charge in [-0.25, -0.2) is 9.48 Å². The summed E-state index contributed by atoms with van der Waals surface area (Å²) >= 11 is 0. The highest BCUT2D eigenvalue weighted by Crippen LogP contribution is 2.16. The first-order valence-electron chi connectivity index (χ1n) is 4.70. The van der Waals surface area contributed by atoms with Crippen molar-refractivity contribution in [2.75, 3.05) is 13.7 Å². The van der Waals surface area contributed by atoms with E-state index in [0.717, 1.165) is 4.68 Å². The SMILES string of the molecule is COCc1c(C(=O)O)nnn1CCOC(F)(F)F. The molecule has 0 spiro atoms. The van der Waals surface area contributed by atoms with Gasteiger partial charge in [0.15, 0.2) is 5.69 Å². The highest BCUT2D eigenvalue weighted by molar-refractivity contribution is 5.86. The highest BCUT2D eigenvalue weighted by Gasteiger charge is 2.29. The zero-order chi connectivity index (χ0) is 13.8. The largest absolute Gasteiger partial charge is 0.522 e. The molecule has 0 bridgehead atoms. The second kappa shape index (κ2) is 5.78. The molecule has 1 rings (SSSR count). The maximum Gasteiger partial charge on any atom is 0.522 e. The minimum absolute atomic E-state index is 0.0794. The molecule has 0 unspecified atom stereocenters. The van der Waals surface area contributed by atoms with E-state index in [2.05, 4.69) is 15.0 Å². The van der Waals surface area contributed by atoms with E-state index in [4.69, 9.17) is 9.84 Å². The quantitative estimate of drug-likeness (QED) is 0.816. The first-order chi connectivity index (χ1) is 8.35. The summed E-state index contributed by atoms with van der Waals surface area (Å²) in [5.41, 5.74) is -0.278. The Morgan fingerprint density at radius 2 is 2.17 bits per heavy atom. The normalized spacial score (nSPS) is 11.8. The first-order valence-corrected chi connectivity index (χ1v) is 4.70. The summed E-state index contributed by atoms with van der Waals surface area (Å²) in [6.45, 7) is -1.10. The van der Waals surface area contributed by atoms with Crippen molar-refractivity contribution in [2.45, 2.75) is 19.5 Å². The molecule has 0 saturated carbocycles. The van der Waals surface area contributed by atoms with E-state index in [-0.39, 0.29) is 24.5 Å². The van der Waals surface area contributed by atoms with Gasteiger partial charge in [-0.05, 0) is 0 Å². The molecule has 1 aromatic heterocycles. The predicted octanol–water partition coefficient (Wildman–Crippen LogP) is 0.659. The minimum atomic E-state index is -4.74. The summed E-state index contributed by atoms with van der Waals surface area (Å²) in [6, 6.07) is 0. The van der Waals surface area contributed by atoms with E-state index in [1.54, 1.807) is 0 Å². The van der Waals surface area contributed by atoms with Crippen LogP contribution in [0.15, 0.2) is 0 Å². The van der Waals surface area contributed by atoms with Gasteiger partial charge in [0.05, 0.1) is 25.5 Å². The Morgan fingerprint density at radius 3 is 2.67 bits per heavy atom. The van der Waals surface area contributed by atoms with Crippen LogP contribution in [0.5, 0.6) is 0 Å². The average Bonchev–Trinajstić information content (AvgIpc) is 2.60. The monoisotopic (exact) mass is 269 g/mol. The Morgan fingerprint density at radius 1 is 1.50 bits per heavy atom. The predicted molar refractivity (Wildman–Crippen MR) is 49.7 cm³/mol. The number of aromatic nitrogens is 3. The van der Waals surface area contributed by atoms with Crippen molar-refractivity contribution in [1.29, 1.82) is 0 Å². The van der Waals surface area contributed by atoms with E-state index < -0.39 is 18.9 Å². The molecule has 7 nitrogen and oxygen atoms in total. The summed E-state index contributed by atoms with van der Waals surface area (Å²) in [4.78, 5) is 10.8. The number of nitrogens with zero attached hydrogens (tertiary/aromatic N) is 3. The molecular weight excluding hydrogens is 259 g/mol. The second-order valence-corrected chi connectivity index (χ2v) is 3.14. The molecule has 0 aliphatic rings. The number of rotatable bonds is 6. The van der Waals surface area contributed by atoms with E-state index >= 15 is 0 Å². The fraction of sp³-hybridized carbons (Fsp3) is 0.625. The smallest absolute Gasteiger partial charge is 0.476 e. The lowest BCUT2D eigenvalue weighted by Crippen LogP contribution is -2.19. The summed E-state index contributed by atoms with van der Waals surface area (Å²) in [5, 5.41) is 15.6. The fourth-order valence-corrected chi connectivity index (χ4v) is 1.21. The van der Waals surface area contributed by atoms with E-state index in [1.807, 2.05) is 0 Å². The van der Waals surface area contributed by atoms with Crippen LogP contribution in [0.4, 0.5) is 13.2 Å². The van der Waals surface area contributed by atoms with Crippen LogP contribution in [-0.2, 0) is 22.6 Å². The number of aromatic carboxylic acids is 1. The van der Waals surface area contributed by atoms with E-state index in [0.29, 0.717) is 0 Å². The van der Waals surface area contributed by atoms with Crippen molar-refractivity contribution < 1.29 is 32.5 Å². The molecule has 18 heavy (non-hydrogen) atoms. The lowest BCUT2D eigenvalue weighted by Gasteiger charge is -2.08. The lowest BCUT2D eigenvalue weighted by atomic mass is 10.3. The van der Waals surface area contributed by atoms with Crippen molar-refractivity contribution in [3.63, 3.8) is 0 Å². The average molecular weight is 269 g/mol. The van der Waals surface area contributed by atoms with Crippen molar-refractivity contribution in [1.82, 2.24) is 15.0 Å². The van der Waals surface area contributed by atoms with Crippen LogP contribution in [0.2, 0.25) is 0 Å². The molecule has 0 saturated heterocycles. The van der Waals surface area contributed by atoms with Crippen molar-refractivity contribution in [2.24, 2.45) is 0 Å². The molecule has 0 atom stereocenters. The molecule has 102 valence electrons. The van der Waals surface area contributed by atoms with Crippen molar-refractivity contribution in [3.8, 4) is 0 Å². The molecule has 0 amide bonds. The van der Waals surface area contributed by atoms with Crippen LogP contribution in [-0.4, -0.2) is 46.1 Å². The van der Waals surface area contributed by atoms with Gasteiger partial charge in [-0.1, -0.05) is 5.21 Å². The number of ether oxygens (including phenoxy) is 2. The van der Waals surface area contributed by atoms with Crippen molar-refractivity contribution in [3.05, 3.63) is 11.4 Å². The Hall–Kier alpha value is -1.68. The highest BCUT2D eigenvalue weighted by atomic mass is 19.4. The minimum Gasteiger partial charge on any atom is -0.476 e. The van der Waals surface area contributed by atoms with Crippen LogP contribution in [0.1, 0.15) is 16.2 Å². The van der Waals surface area contributed by atoms with Gasteiger partial charge in [-0.3, -0.25) is 4.74 Å². The molecule has 0 fully saturated rings. The molecule has 0 aromatic carbocycles. The van der Waals surface area contributed by atoms with Crippen LogP contribution < -0.4 is 0 Å². The van der Waals surface area contributed by atoms with Crippen molar-refractivity contribution >= 4 is 5.97 Å². The Labute approximate surface area is 99.1 Å². The number of hydrogen-bond donors (Lipinski definition) is 1. The van der Waals surface area contributed by atoms with Crippen LogP contribution in [0.3, 0.4) is 0 Å². The van der Waals surface area contributed by atoms with Gasteiger partial charge in [0, 0.05) is 7.11 Å². The summed E-state index contributed by atoms with van der Waals surface area (Å²) < 4.78 is 44.6. The molecule has 0 radical (unpaired) electrons. The standard InChI is InChI=1S/C8H10F3N3O4/c1-17-4-5-6(7(15)16)12-13-14(5)2-3-18-8(9,10)11/h2-4H2,1H3,(H,15,16). The number of hydrogen-bond acceptors (Lipinski definition) is 5. The van der Waals surface area contributed by atoms with Gasteiger partial charge in [0.2, 0.25) is 0 Å². The Balaban J connectivity index is 2.73. The fourth-order valence-electron chi connectivity index (χ4n) is 1.21. The van der Waals surface area contributed by atoms with E-state index in [9.17, 15) is 18.0 Å². The lowest BCUT2D eigenvalue weighted by molar-refractivity contribution is -0.325. The topological polar surface area (TPSA) is 86.5 Å². The zero-order valence-corrected chi connectivity index (χ0v) is 9.27. The van der Waals surface area contributed by atoms with Gasteiger partial charge < -0.3 is 9.84 Å². The van der Waals surface area contributed by atoms with Gasteiger partial charge >= 0.3 is 12.3 Å². The molecule has 0 aliphatic heterocycles. The Kier molecular flexibility index (Phi) is 4.62. The second-order valence-electron chi connectivity index (χ2n) is 3.14. The summed E-state index contributed by atoms with van der Waals surface area (Å²) in [7, 11) is 1.31. The zero-order valence-electron chi connectivity index (χ0n) is 9.27. The Bertz CT molecular complexity index is 418. The van der Waals surface area contributed by atoms with Gasteiger partial charge in [0.25, 0.3) is 0 Å². The third-order valence-corrected chi connectivity index (χ3v) is 1.89. The summed E-state index contributed by atoms with van der Waals surface area (Å²) in [5.74, 6) is -1.33. The van der Waals surface area contributed by atoms with E-state index in [1.165, 1.54) is 7.11 Å². The number of methoxy groups -OCH3 is 1. The molecule has 0 aliphatic carbocycles. The van der Waals surface area contributed by atoms with Gasteiger partial charge in [0.1, 0.15) is 0 Å². The van der Waals surface area contributed by atoms with Crippen LogP contribution in [0, 0.1) is 0 Å². The molecule has 1 N–H and O–H groups in total. The number of carboxylic acids is 1. The van der Waals surface area contributed by atoms with Gasteiger partial charge in [-0.15, -0.1) is 18.3 Å². The maximum atomic E-state index is 11.8. The van der Waals surface area contributed by atoms with Gasteiger partial charge in [-0.2, -0.15) is 0 Å². The first kappa shape index (κ1) is 14.4. The maximum absolute atomic E-state index is 11.8. The molecule has 1 heterocycles. The number of carboxylic acid groups (broad SMARTS) is 1. The van der Waals surface area contributed by atoms with Crippen LogP contribution >= 0.6 is 0 Å². The third kappa shape index (κ3) is 3.96. The summed E-state index contributed by atoms with van der Waals surface area (Å²) in [6.07, 6.45) is -4.74. The number of alkyl halides is 3. The molecule has 1 aromatic rings. The number of halogens is 3. The number of carbonyl (C=O) groups is 1.